The first-order valence-electron chi connectivity index (χ1n) is 7.85. The zero-order chi connectivity index (χ0) is 16.9. The summed E-state index contributed by atoms with van der Waals surface area (Å²) in [4.78, 5) is 29.2. The van der Waals surface area contributed by atoms with Crippen molar-refractivity contribution in [3.05, 3.63) is 35.2 Å². The minimum absolute atomic E-state index is 0.226. The average molecular weight is 346 g/mol. The molecule has 3 rings (SSSR count). The molecule has 6 nitrogen and oxygen atoms in total. The summed E-state index contributed by atoms with van der Waals surface area (Å²) >= 11 is 1.12. The molecule has 0 aliphatic carbocycles. The van der Waals surface area contributed by atoms with Crippen LogP contribution in [0.15, 0.2) is 30.3 Å². The quantitative estimate of drug-likeness (QED) is 0.842. The highest BCUT2D eigenvalue weighted by atomic mass is 32.1. The van der Waals surface area contributed by atoms with Gasteiger partial charge in [-0.1, -0.05) is 41.7 Å². The Bertz CT molecular complexity index is 723. The molecule has 1 fully saturated rings. The van der Waals surface area contributed by atoms with Crippen LogP contribution in [0.25, 0.3) is 11.3 Å². The largest absolute Gasteiger partial charge is 0.462 e. The summed E-state index contributed by atoms with van der Waals surface area (Å²) in [6.07, 6.45) is 1.13. The molecule has 0 unspecified atom stereocenters. The lowest BCUT2D eigenvalue weighted by molar-refractivity contribution is -0.124. The number of amides is 1. The molecule has 1 atom stereocenters. The highest BCUT2D eigenvalue weighted by Crippen LogP contribution is 2.32. The number of anilines is 1. The second kappa shape index (κ2) is 7.55. The van der Waals surface area contributed by atoms with Crippen molar-refractivity contribution in [3.8, 4) is 11.3 Å². The first-order valence-corrected chi connectivity index (χ1v) is 8.66. The summed E-state index contributed by atoms with van der Waals surface area (Å²) < 4.78 is 10.5. The molecule has 1 aromatic carbocycles. The van der Waals surface area contributed by atoms with Gasteiger partial charge in [0.05, 0.1) is 12.3 Å². The molecular formula is C17H18N2O4S. The van der Waals surface area contributed by atoms with Crippen LogP contribution in [-0.2, 0) is 14.3 Å². The number of rotatable bonds is 5. The lowest BCUT2D eigenvalue weighted by Gasteiger charge is -2.07. The van der Waals surface area contributed by atoms with Crippen LogP contribution >= 0.6 is 11.3 Å². The second-order valence-electron chi connectivity index (χ2n) is 5.27. The number of hydrogen-bond acceptors (Lipinski definition) is 6. The summed E-state index contributed by atoms with van der Waals surface area (Å²) in [6, 6.07) is 9.36. The molecule has 2 aromatic rings. The van der Waals surface area contributed by atoms with E-state index >= 15 is 0 Å². The molecule has 2 heterocycles. The fourth-order valence-corrected chi connectivity index (χ4v) is 3.35. The van der Waals surface area contributed by atoms with Crippen LogP contribution in [0.4, 0.5) is 5.13 Å². The first kappa shape index (κ1) is 16.6. The molecule has 1 aromatic heterocycles. The number of benzene rings is 1. The topological polar surface area (TPSA) is 77.5 Å². The maximum atomic E-state index is 12.2. The van der Waals surface area contributed by atoms with Gasteiger partial charge in [-0.3, -0.25) is 10.1 Å². The highest BCUT2D eigenvalue weighted by Gasteiger charge is 2.26. The summed E-state index contributed by atoms with van der Waals surface area (Å²) in [6.45, 7) is 2.63. The van der Waals surface area contributed by atoms with Crippen LogP contribution in [0.1, 0.15) is 29.4 Å². The molecule has 1 saturated heterocycles. The number of carbonyl (C=O) groups excluding carboxylic acids is 2. The number of esters is 1. The van der Waals surface area contributed by atoms with Gasteiger partial charge in [-0.25, -0.2) is 9.78 Å². The standard InChI is InChI=1S/C17H18N2O4S/c1-2-22-16(21)14-13(11-7-4-3-5-8-11)18-17(24-14)19-15(20)12-9-6-10-23-12/h3-5,7-8,12H,2,6,9-10H2,1H3,(H,18,19,20)/t12-/m0/s1. The van der Waals surface area contributed by atoms with Crippen LogP contribution in [-0.4, -0.2) is 36.2 Å². The van der Waals surface area contributed by atoms with Crippen molar-refractivity contribution in [1.82, 2.24) is 4.98 Å². The zero-order valence-corrected chi connectivity index (χ0v) is 14.1. The third kappa shape index (κ3) is 3.63. The van der Waals surface area contributed by atoms with E-state index in [0.29, 0.717) is 28.7 Å². The molecule has 7 heteroatoms. The highest BCUT2D eigenvalue weighted by molar-refractivity contribution is 7.18. The van der Waals surface area contributed by atoms with Crippen molar-refractivity contribution in [2.75, 3.05) is 18.5 Å². The maximum absolute atomic E-state index is 12.2. The molecule has 126 valence electrons. The third-order valence-corrected chi connectivity index (χ3v) is 4.54. The van der Waals surface area contributed by atoms with Gasteiger partial charge in [0.15, 0.2) is 5.13 Å². The molecule has 0 bridgehead atoms. The van der Waals surface area contributed by atoms with Gasteiger partial charge in [-0.15, -0.1) is 0 Å². The SMILES string of the molecule is CCOC(=O)c1sc(NC(=O)[C@@H]2CCCO2)nc1-c1ccccc1. The Morgan fingerprint density at radius 2 is 2.17 bits per heavy atom. The molecule has 0 spiro atoms. The summed E-state index contributed by atoms with van der Waals surface area (Å²) in [5, 5.41) is 3.12. The van der Waals surface area contributed by atoms with Gasteiger partial charge in [0, 0.05) is 12.2 Å². The number of hydrogen-bond donors (Lipinski definition) is 1. The zero-order valence-electron chi connectivity index (χ0n) is 13.3. The number of ether oxygens (including phenoxy) is 2. The van der Waals surface area contributed by atoms with Crippen LogP contribution < -0.4 is 5.32 Å². The van der Waals surface area contributed by atoms with Crippen LogP contribution in [0.2, 0.25) is 0 Å². The van der Waals surface area contributed by atoms with Gasteiger partial charge < -0.3 is 9.47 Å². The Kier molecular flexibility index (Phi) is 5.22. The lowest BCUT2D eigenvalue weighted by atomic mass is 10.1. The molecule has 1 aliphatic rings. The lowest BCUT2D eigenvalue weighted by Crippen LogP contribution is -2.26. The molecule has 0 radical (unpaired) electrons. The molecule has 24 heavy (non-hydrogen) atoms. The Hall–Kier alpha value is -2.25. The van der Waals surface area contributed by atoms with Crippen LogP contribution in [0, 0.1) is 0 Å². The Morgan fingerprint density at radius 1 is 1.38 bits per heavy atom. The fourth-order valence-electron chi connectivity index (χ4n) is 2.47. The summed E-state index contributed by atoms with van der Waals surface area (Å²) in [5.41, 5.74) is 1.32. The van der Waals surface area contributed by atoms with E-state index in [4.69, 9.17) is 9.47 Å². The summed E-state index contributed by atoms with van der Waals surface area (Å²) in [7, 11) is 0. The van der Waals surface area contributed by atoms with E-state index in [-0.39, 0.29) is 12.5 Å². The Morgan fingerprint density at radius 3 is 2.83 bits per heavy atom. The number of thiazole rings is 1. The van der Waals surface area contributed by atoms with Gasteiger partial charge >= 0.3 is 5.97 Å². The van der Waals surface area contributed by atoms with E-state index < -0.39 is 12.1 Å². The van der Waals surface area contributed by atoms with Crippen LogP contribution in [0.3, 0.4) is 0 Å². The second-order valence-corrected chi connectivity index (χ2v) is 6.27. The van der Waals surface area contributed by atoms with E-state index in [9.17, 15) is 9.59 Å². The maximum Gasteiger partial charge on any atom is 0.350 e. The van der Waals surface area contributed by atoms with Gasteiger partial charge in [-0.05, 0) is 19.8 Å². The van der Waals surface area contributed by atoms with E-state index in [1.807, 2.05) is 30.3 Å². The molecule has 1 N–H and O–H groups in total. The number of carbonyl (C=O) groups is 2. The number of nitrogens with one attached hydrogen (secondary N) is 1. The minimum Gasteiger partial charge on any atom is -0.462 e. The monoisotopic (exact) mass is 346 g/mol. The van der Waals surface area contributed by atoms with Gasteiger partial charge in [0.25, 0.3) is 5.91 Å². The van der Waals surface area contributed by atoms with E-state index in [1.165, 1.54) is 0 Å². The predicted octanol–water partition coefficient (Wildman–Crippen LogP) is 3.10. The van der Waals surface area contributed by atoms with Gasteiger partial charge in [0.2, 0.25) is 0 Å². The van der Waals surface area contributed by atoms with Crippen molar-refractivity contribution in [3.63, 3.8) is 0 Å². The molecule has 1 amide bonds. The van der Waals surface area contributed by atoms with E-state index in [2.05, 4.69) is 10.3 Å². The number of aromatic nitrogens is 1. The van der Waals surface area contributed by atoms with E-state index in [1.54, 1.807) is 6.92 Å². The Balaban J connectivity index is 1.88. The molecule has 1 aliphatic heterocycles. The van der Waals surface area contributed by atoms with Crippen molar-refractivity contribution >= 4 is 28.3 Å². The molecular weight excluding hydrogens is 328 g/mol. The van der Waals surface area contributed by atoms with Crippen molar-refractivity contribution in [2.24, 2.45) is 0 Å². The average Bonchev–Trinajstić information content (AvgIpc) is 3.26. The summed E-state index contributed by atoms with van der Waals surface area (Å²) in [5.74, 6) is -0.664. The molecule has 0 saturated carbocycles. The van der Waals surface area contributed by atoms with Crippen molar-refractivity contribution < 1.29 is 19.1 Å². The minimum atomic E-state index is -0.444. The predicted molar refractivity (Wildman–Crippen MR) is 91.1 cm³/mol. The van der Waals surface area contributed by atoms with Crippen molar-refractivity contribution in [2.45, 2.75) is 25.9 Å². The fraction of sp³-hybridized carbons (Fsp3) is 0.353. The number of nitrogens with zero attached hydrogens (tertiary/aromatic N) is 1. The van der Waals surface area contributed by atoms with Crippen LogP contribution in [0.5, 0.6) is 0 Å². The third-order valence-electron chi connectivity index (χ3n) is 3.59. The first-order chi connectivity index (χ1) is 11.7. The van der Waals surface area contributed by atoms with Gasteiger partial charge in [0.1, 0.15) is 11.0 Å². The Labute approximate surface area is 143 Å². The van der Waals surface area contributed by atoms with E-state index in [0.717, 1.165) is 23.3 Å². The smallest absolute Gasteiger partial charge is 0.350 e. The normalized spacial score (nSPS) is 16.8. The van der Waals surface area contributed by atoms with Crippen molar-refractivity contribution in [1.29, 1.82) is 0 Å². The van der Waals surface area contributed by atoms with Gasteiger partial charge in [-0.2, -0.15) is 0 Å².